The van der Waals surface area contributed by atoms with Gasteiger partial charge in [0.25, 0.3) is 0 Å². The topological polar surface area (TPSA) is 46.3 Å². The van der Waals surface area contributed by atoms with Crippen molar-refractivity contribution < 1.29 is 9.18 Å². The summed E-state index contributed by atoms with van der Waals surface area (Å²) >= 11 is 0. The van der Waals surface area contributed by atoms with Crippen LogP contribution >= 0.6 is 0 Å². The molecule has 19 heavy (non-hydrogen) atoms. The molecule has 0 aromatic heterocycles. The lowest BCUT2D eigenvalue weighted by atomic mass is 9.89. The minimum atomic E-state index is -0.209. The number of rotatable bonds is 3. The maximum absolute atomic E-state index is 13.2. The van der Waals surface area contributed by atoms with E-state index in [1.165, 1.54) is 6.07 Å². The highest BCUT2D eigenvalue weighted by atomic mass is 19.1. The molecule has 1 amide bonds. The summed E-state index contributed by atoms with van der Waals surface area (Å²) in [5.74, 6) is 0.263. The molecule has 0 aliphatic carbocycles. The van der Waals surface area contributed by atoms with Gasteiger partial charge in [-0.2, -0.15) is 0 Å². The van der Waals surface area contributed by atoms with Crippen molar-refractivity contribution in [3.8, 4) is 0 Å². The van der Waals surface area contributed by atoms with Crippen molar-refractivity contribution in [3.63, 3.8) is 0 Å². The third-order valence-electron chi connectivity index (χ3n) is 3.64. The number of hydrogen-bond acceptors (Lipinski definition) is 2. The van der Waals surface area contributed by atoms with E-state index in [-0.39, 0.29) is 17.8 Å². The highest BCUT2D eigenvalue weighted by Gasteiger charge is 2.27. The number of halogens is 1. The summed E-state index contributed by atoms with van der Waals surface area (Å²) in [5, 5.41) is 0. The van der Waals surface area contributed by atoms with Crippen LogP contribution in [0.4, 0.5) is 4.39 Å². The molecule has 104 valence electrons. The maximum atomic E-state index is 13.2. The standard InChI is InChI=1S/C15H21FN2O/c1-2-15(19)18-9-12(8-14(17)10-18)6-11-4-3-5-13(16)7-11/h3-5,7,12,14H,2,6,8-10,17H2,1H3. The number of amides is 1. The van der Waals surface area contributed by atoms with Crippen LogP contribution in [0.3, 0.4) is 0 Å². The molecular weight excluding hydrogens is 243 g/mol. The molecule has 1 aromatic carbocycles. The lowest BCUT2D eigenvalue weighted by molar-refractivity contribution is -0.133. The van der Waals surface area contributed by atoms with Gasteiger partial charge in [-0.15, -0.1) is 0 Å². The van der Waals surface area contributed by atoms with Crippen molar-refractivity contribution in [1.82, 2.24) is 4.90 Å². The zero-order valence-corrected chi connectivity index (χ0v) is 11.3. The SMILES string of the molecule is CCC(=O)N1CC(N)CC(Cc2cccc(F)c2)C1. The van der Waals surface area contributed by atoms with Gasteiger partial charge >= 0.3 is 0 Å². The van der Waals surface area contributed by atoms with Gasteiger partial charge in [0.2, 0.25) is 5.91 Å². The predicted octanol–water partition coefficient (Wildman–Crippen LogP) is 1.95. The van der Waals surface area contributed by atoms with Crippen LogP contribution in [0.2, 0.25) is 0 Å². The molecule has 1 aliphatic rings. The Labute approximate surface area is 113 Å². The maximum Gasteiger partial charge on any atom is 0.222 e. The molecular formula is C15H21FN2O. The van der Waals surface area contributed by atoms with E-state index >= 15 is 0 Å². The molecule has 1 fully saturated rings. The molecule has 1 heterocycles. The molecule has 4 heteroatoms. The minimum Gasteiger partial charge on any atom is -0.341 e. The fourth-order valence-electron chi connectivity index (χ4n) is 2.82. The first-order chi connectivity index (χ1) is 9.08. The first-order valence-corrected chi connectivity index (χ1v) is 6.86. The molecule has 3 nitrogen and oxygen atoms in total. The van der Waals surface area contributed by atoms with Crippen LogP contribution in [-0.2, 0) is 11.2 Å². The molecule has 1 aliphatic heterocycles. The Kier molecular flexibility index (Phi) is 4.53. The smallest absolute Gasteiger partial charge is 0.222 e. The summed E-state index contributed by atoms with van der Waals surface area (Å²) < 4.78 is 13.2. The van der Waals surface area contributed by atoms with E-state index in [1.54, 1.807) is 12.1 Å². The Morgan fingerprint density at radius 2 is 2.26 bits per heavy atom. The molecule has 2 unspecified atom stereocenters. The van der Waals surface area contributed by atoms with Crippen molar-refractivity contribution in [1.29, 1.82) is 0 Å². The Hall–Kier alpha value is -1.42. The second-order valence-corrected chi connectivity index (χ2v) is 5.35. The van der Waals surface area contributed by atoms with E-state index < -0.39 is 0 Å². The zero-order chi connectivity index (χ0) is 13.8. The Bertz CT molecular complexity index is 450. The van der Waals surface area contributed by atoms with Gasteiger partial charge in [0.1, 0.15) is 5.82 Å². The van der Waals surface area contributed by atoms with Crippen LogP contribution in [0.25, 0.3) is 0 Å². The van der Waals surface area contributed by atoms with E-state index in [0.717, 1.165) is 24.9 Å². The third kappa shape index (κ3) is 3.77. The van der Waals surface area contributed by atoms with Gasteiger partial charge in [-0.1, -0.05) is 19.1 Å². The van der Waals surface area contributed by atoms with Crippen molar-refractivity contribution in [2.24, 2.45) is 11.7 Å². The molecule has 1 saturated heterocycles. The number of nitrogens with two attached hydrogens (primary N) is 1. The van der Waals surface area contributed by atoms with Gasteiger partial charge in [-0.05, 0) is 36.5 Å². The number of hydrogen-bond donors (Lipinski definition) is 1. The highest BCUT2D eigenvalue weighted by molar-refractivity contribution is 5.76. The van der Waals surface area contributed by atoms with Crippen LogP contribution < -0.4 is 5.73 Å². The number of carbonyl (C=O) groups excluding carboxylic acids is 1. The Morgan fingerprint density at radius 3 is 2.95 bits per heavy atom. The molecule has 0 bridgehead atoms. The molecule has 1 aromatic rings. The van der Waals surface area contributed by atoms with E-state index in [4.69, 9.17) is 5.73 Å². The predicted molar refractivity (Wildman–Crippen MR) is 73.1 cm³/mol. The van der Waals surface area contributed by atoms with Crippen LogP contribution in [0.5, 0.6) is 0 Å². The Morgan fingerprint density at radius 1 is 1.47 bits per heavy atom. The minimum absolute atomic E-state index is 0.0304. The summed E-state index contributed by atoms with van der Waals surface area (Å²) in [6, 6.07) is 6.69. The molecule has 0 saturated carbocycles. The fourth-order valence-corrected chi connectivity index (χ4v) is 2.82. The Balaban J connectivity index is 2.01. The fraction of sp³-hybridized carbons (Fsp3) is 0.533. The van der Waals surface area contributed by atoms with Gasteiger partial charge in [0.15, 0.2) is 0 Å². The first kappa shape index (κ1) is 14.0. The monoisotopic (exact) mass is 264 g/mol. The van der Waals surface area contributed by atoms with Crippen LogP contribution in [0.15, 0.2) is 24.3 Å². The second kappa shape index (κ2) is 6.15. The van der Waals surface area contributed by atoms with Crippen LogP contribution in [-0.4, -0.2) is 29.9 Å². The van der Waals surface area contributed by atoms with Gasteiger partial charge in [-0.3, -0.25) is 4.79 Å². The molecule has 0 radical (unpaired) electrons. The van der Waals surface area contributed by atoms with Gasteiger partial charge in [0.05, 0.1) is 0 Å². The lowest BCUT2D eigenvalue weighted by Crippen LogP contribution is -2.49. The molecule has 2 rings (SSSR count). The van der Waals surface area contributed by atoms with Crippen molar-refractivity contribution in [2.45, 2.75) is 32.2 Å². The summed E-state index contributed by atoms with van der Waals surface area (Å²) in [4.78, 5) is 13.6. The van der Waals surface area contributed by atoms with E-state index in [0.29, 0.717) is 18.9 Å². The molecule has 0 spiro atoms. The number of carbonyl (C=O) groups is 1. The number of benzene rings is 1. The number of likely N-dealkylation sites (tertiary alicyclic amines) is 1. The largest absolute Gasteiger partial charge is 0.341 e. The number of nitrogens with zero attached hydrogens (tertiary/aromatic N) is 1. The van der Waals surface area contributed by atoms with E-state index in [9.17, 15) is 9.18 Å². The molecule has 2 atom stereocenters. The van der Waals surface area contributed by atoms with E-state index in [2.05, 4.69) is 0 Å². The van der Waals surface area contributed by atoms with Gasteiger partial charge in [-0.25, -0.2) is 4.39 Å². The first-order valence-electron chi connectivity index (χ1n) is 6.86. The van der Waals surface area contributed by atoms with Gasteiger partial charge < -0.3 is 10.6 Å². The number of piperidine rings is 1. The third-order valence-corrected chi connectivity index (χ3v) is 3.64. The summed E-state index contributed by atoms with van der Waals surface area (Å²) in [7, 11) is 0. The second-order valence-electron chi connectivity index (χ2n) is 5.35. The zero-order valence-electron chi connectivity index (χ0n) is 11.3. The van der Waals surface area contributed by atoms with Crippen molar-refractivity contribution in [2.75, 3.05) is 13.1 Å². The summed E-state index contributed by atoms with van der Waals surface area (Å²) in [6.07, 6.45) is 2.18. The molecule has 2 N–H and O–H groups in total. The van der Waals surface area contributed by atoms with Crippen molar-refractivity contribution in [3.05, 3.63) is 35.6 Å². The average molecular weight is 264 g/mol. The van der Waals surface area contributed by atoms with Crippen LogP contribution in [0.1, 0.15) is 25.3 Å². The summed E-state index contributed by atoms with van der Waals surface area (Å²) in [5.41, 5.74) is 7.00. The van der Waals surface area contributed by atoms with Crippen molar-refractivity contribution >= 4 is 5.91 Å². The quantitative estimate of drug-likeness (QED) is 0.907. The van der Waals surface area contributed by atoms with E-state index in [1.807, 2.05) is 17.9 Å². The lowest BCUT2D eigenvalue weighted by Gasteiger charge is -2.36. The highest BCUT2D eigenvalue weighted by Crippen LogP contribution is 2.21. The summed E-state index contributed by atoms with van der Waals surface area (Å²) in [6.45, 7) is 3.24. The van der Waals surface area contributed by atoms with Crippen LogP contribution in [0, 0.1) is 11.7 Å². The van der Waals surface area contributed by atoms with Gasteiger partial charge in [0, 0.05) is 25.6 Å². The average Bonchev–Trinajstić information content (AvgIpc) is 2.37. The normalized spacial score (nSPS) is 23.4.